The zero-order valence-corrected chi connectivity index (χ0v) is 13.1. The lowest BCUT2D eigenvalue weighted by Crippen LogP contribution is -2.55. The first-order valence-electron chi connectivity index (χ1n) is 8.12. The standard InChI is InChI=1S/C17H26N2O2/c1-13-6-7-14(2)19(13)12-16(20)18-10-9-17(21)8-4-3-5-15(17)11-18/h6-7,15,21H,3-5,8-12H2,1-2H3/t15-,17-/m1/s1. The second-order valence-corrected chi connectivity index (χ2v) is 6.84. The highest BCUT2D eigenvalue weighted by atomic mass is 16.3. The third kappa shape index (κ3) is 2.73. The number of aromatic nitrogens is 1. The summed E-state index contributed by atoms with van der Waals surface area (Å²) in [6.07, 6.45) is 5.03. The highest BCUT2D eigenvalue weighted by Crippen LogP contribution is 2.39. The minimum Gasteiger partial charge on any atom is -0.389 e. The predicted molar refractivity (Wildman–Crippen MR) is 82.0 cm³/mol. The number of aryl methyl sites for hydroxylation is 2. The molecule has 1 amide bonds. The van der Waals surface area contributed by atoms with Crippen LogP contribution in [0.5, 0.6) is 0 Å². The number of piperidine rings is 1. The SMILES string of the molecule is Cc1ccc(C)n1CC(=O)N1CC[C@]2(O)CCCC[C@@H]2C1. The van der Waals surface area contributed by atoms with Gasteiger partial charge < -0.3 is 14.6 Å². The van der Waals surface area contributed by atoms with E-state index < -0.39 is 5.60 Å². The Balaban J connectivity index is 1.66. The Kier molecular flexibility index (Phi) is 3.82. The molecule has 1 aromatic heterocycles. The zero-order valence-electron chi connectivity index (χ0n) is 13.1. The monoisotopic (exact) mass is 290 g/mol. The fraction of sp³-hybridized carbons (Fsp3) is 0.706. The maximum atomic E-state index is 12.6. The Labute approximate surface area is 126 Å². The van der Waals surface area contributed by atoms with Crippen LogP contribution in [0.1, 0.15) is 43.5 Å². The number of rotatable bonds is 2. The van der Waals surface area contributed by atoms with Gasteiger partial charge in [0, 0.05) is 30.4 Å². The third-order valence-electron chi connectivity index (χ3n) is 5.49. The molecule has 0 radical (unpaired) electrons. The lowest BCUT2D eigenvalue weighted by Gasteiger charge is -2.47. The van der Waals surface area contributed by atoms with Crippen LogP contribution in [-0.2, 0) is 11.3 Å². The van der Waals surface area contributed by atoms with Crippen LogP contribution < -0.4 is 0 Å². The van der Waals surface area contributed by atoms with Gasteiger partial charge in [0.15, 0.2) is 0 Å². The van der Waals surface area contributed by atoms with E-state index in [1.807, 2.05) is 18.7 Å². The maximum absolute atomic E-state index is 12.6. The second-order valence-electron chi connectivity index (χ2n) is 6.84. The van der Waals surface area contributed by atoms with Crippen LogP contribution in [0.25, 0.3) is 0 Å². The summed E-state index contributed by atoms with van der Waals surface area (Å²) in [5.74, 6) is 0.459. The summed E-state index contributed by atoms with van der Waals surface area (Å²) < 4.78 is 2.07. The van der Waals surface area contributed by atoms with Crippen molar-refractivity contribution < 1.29 is 9.90 Å². The number of aliphatic hydroxyl groups is 1. The summed E-state index contributed by atoms with van der Waals surface area (Å²) in [7, 11) is 0. The molecule has 1 aromatic rings. The minimum absolute atomic E-state index is 0.185. The van der Waals surface area contributed by atoms with Crippen molar-refractivity contribution in [1.29, 1.82) is 0 Å². The van der Waals surface area contributed by atoms with Gasteiger partial charge >= 0.3 is 0 Å². The average Bonchev–Trinajstić information content (AvgIpc) is 2.78. The van der Waals surface area contributed by atoms with Gasteiger partial charge in [-0.25, -0.2) is 0 Å². The van der Waals surface area contributed by atoms with Crippen molar-refractivity contribution in [3.8, 4) is 0 Å². The molecule has 0 unspecified atom stereocenters. The average molecular weight is 290 g/mol. The van der Waals surface area contributed by atoms with Gasteiger partial charge in [0.2, 0.25) is 5.91 Å². The van der Waals surface area contributed by atoms with Crippen molar-refractivity contribution in [3.05, 3.63) is 23.5 Å². The van der Waals surface area contributed by atoms with Crippen molar-refractivity contribution in [3.63, 3.8) is 0 Å². The fourth-order valence-electron chi connectivity index (χ4n) is 3.98. The molecule has 2 aliphatic rings. The first-order valence-corrected chi connectivity index (χ1v) is 8.12. The van der Waals surface area contributed by atoms with Crippen LogP contribution in [-0.4, -0.2) is 39.2 Å². The number of likely N-dealkylation sites (tertiary alicyclic amines) is 1. The predicted octanol–water partition coefficient (Wildman–Crippen LogP) is 2.26. The molecule has 1 aliphatic heterocycles. The van der Waals surface area contributed by atoms with E-state index in [-0.39, 0.29) is 11.8 Å². The summed E-state index contributed by atoms with van der Waals surface area (Å²) in [5, 5.41) is 10.7. The van der Waals surface area contributed by atoms with Crippen LogP contribution in [0.4, 0.5) is 0 Å². The molecule has 0 spiro atoms. The molecule has 2 heterocycles. The summed E-state index contributed by atoms with van der Waals surface area (Å²) in [6.45, 7) is 5.93. The van der Waals surface area contributed by atoms with Crippen molar-refractivity contribution in [2.75, 3.05) is 13.1 Å². The summed E-state index contributed by atoms with van der Waals surface area (Å²) in [5.41, 5.74) is 1.76. The van der Waals surface area contributed by atoms with E-state index in [9.17, 15) is 9.90 Å². The van der Waals surface area contributed by atoms with Gasteiger partial charge in [-0.2, -0.15) is 0 Å². The number of carbonyl (C=O) groups is 1. The van der Waals surface area contributed by atoms with Crippen molar-refractivity contribution in [2.24, 2.45) is 5.92 Å². The van der Waals surface area contributed by atoms with Crippen molar-refractivity contribution >= 4 is 5.91 Å². The number of carbonyl (C=O) groups excluding carboxylic acids is 1. The Morgan fingerprint density at radius 1 is 1.29 bits per heavy atom. The number of nitrogens with zero attached hydrogens (tertiary/aromatic N) is 2. The largest absolute Gasteiger partial charge is 0.389 e. The van der Waals surface area contributed by atoms with Gasteiger partial charge in [0.25, 0.3) is 0 Å². The molecule has 4 heteroatoms. The molecular formula is C17H26N2O2. The summed E-state index contributed by atoms with van der Waals surface area (Å²) in [4.78, 5) is 14.5. The van der Waals surface area contributed by atoms with Gasteiger partial charge in [-0.15, -0.1) is 0 Å². The van der Waals surface area contributed by atoms with E-state index in [0.29, 0.717) is 13.1 Å². The van der Waals surface area contributed by atoms with Gasteiger partial charge in [-0.3, -0.25) is 4.79 Å². The molecule has 3 rings (SSSR count). The van der Waals surface area contributed by atoms with E-state index in [4.69, 9.17) is 0 Å². The first-order chi connectivity index (χ1) is 9.99. The van der Waals surface area contributed by atoms with Crippen molar-refractivity contribution in [1.82, 2.24) is 9.47 Å². The summed E-state index contributed by atoms with van der Waals surface area (Å²) >= 11 is 0. The van der Waals surface area contributed by atoms with Crippen LogP contribution in [0, 0.1) is 19.8 Å². The second kappa shape index (κ2) is 5.48. The topological polar surface area (TPSA) is 45.5 Å². The number of hydrogen-bond donors (Lipinski definition) is 1. The normalized spacial score (nSPS) is 29.3. The lowest BCUT2D eigenvalue weighted by molar-refractivity contribution is -0.144. The van der Waals surface area contributed by atoms with E-state index in [0.717, 1.165) is 43.6 Å². The van der Waals surface area contributed by atoms with Gasteiger partial charge in [-0.1, -0.05) is 12.8 Å². The van der Waals surface area contributed by atoms with Crippen molar-refractivity contribution in [2.45, 2.75) is 58.1 Å². The molecular weight excluding hydrogens is 264 g/mol. The molecule has 2 atom stereocenters. The summed E-state index contributed by atoms with van der Waals surface area (Å²) in [6, 6.07) is 4.11. The van der Waals surface area contributed by atoms with Gasteiger partial charge in [-0.05, 0) is 45.2 Å². The Morgan fingerprint density at radius 2 is 2.00 bits per heavy atom. The molecule has 1 saturated carbocycles. The van der Waals surface area contributed by atoms with Crippen LogP contribution in [0.3, 0.4) is 0 Å². The number of amides is 1. The molecule has 2 fully saturated rings. The van der Waals surface area contributed by atoms with Crippen LogP contribution in [0.15, 0.2) is 12.1 Å². The molecule has 21 heavy (non-hydrogen) atoms. The molecule has 0 aromatic carbocycles. The lowest BCUT2D eigenvalue weighted by atomic mass is 9.71. The van der Waals surface area contributed by atoms with Gasteiger partial charge in [0.1, 0.15) is 6.54 Å². The minimum atomic E-state index is -0.506. The number of fused-ring (bicyclic) bond motifs is 1. The fourth-order valence-corrected chi connectivity index (χ4v) is 3.98. The Bertz CT molecular complexity index is 517. The highest BCUT2D eigenvalue weighted by Gasteiger charge is 2.43. The third-order valence-corrected chi connectivity index (χ3v) is 5.49. The molecule has 0 bridgehead atoms. The molecule has 1 saturated heterocycles. The molecule has 116 valence electrons. The van der Waals surface area contributed by atoms with E-state index in [1.54, 1.807) is 0 Å². The van der Waals surface area contributed by atoms with E-state index >= 15 is 0 Å². The zero-order chi connectivity index (χ0) is 15.0. The first kappa shape index (κ1) is 14.6. The molecule has 1 aliphatic carbocycles. The molecule has 4 nitrogen and oxygen atoms in total. The Morgan fingerprint density at radius 3 is 2.71 bits per heavy atom. The molecule has 1 N–H and O–H groups in total. The van der Waals surface area contributed by atoms with Gasteiger partial charge in [0.05, 0.1) is 5.60 Å². The highest BCUT2D eigenvalue weighted by molar-refractivity contribution is 5.76. The maximum Gasteiger partial charge on any atom is 0.242 e. The quantitative estimate of drug-likeness (QED) is 0.908. The van der Waals surface area contributed by atoms with E-state index in [2.05, 4.69) is 16.7 Å². The Hall–Kier alpha value is -1.29. The number of hydrogen-bond acceptors (Lipinski definition) is 2. The smallest absolute Gasteiger partial charge is 0.242 e. The van der Waals surface area contributed by atoms with E-state index in [1.165, 1.54) is 6.42 Å². The van der Waals surface area contributed by atoms with Crippen LogP contribution >= 0.6 is 0 Å². The van der Waals surface area contributed by atoms with Crippen LogP contribution in [0.2, 0.25) is 0 Å².